The maximum Gasteiger partial charge on any atom is 0.292 e. The molecule has 0 aliphatic heterocycles. The smallest absolute Gasteiger partial charge is 0.292 e. The third kappa shape index (κ3) is 3.92. The predicted molar refractivity (Wildman–Crippen MR) is 58.0 cm³/mol. The van der Waals surface area contributed by atoms with E-state index in [1.165, 1.54) is 6.42 Å². The van der Waals surface area contributed by atoms with Gasteiger partial charge in [0.05, 0.1) is 0 Å². The van der Waals surface area contributed by atoms with Gasteiger partial charge >= 0.3 is 0 Å². The Morgan fingerprint density at radius 3 is 2.17 bits per heavy atom. The van der Waals surface area contributed by atoms with Crippen molar-refractivity contribution in [3.05, 3.63) is 0 Å². The largest absolute Gasteiger partial charge is 0.403 e. The zero-order chi connectivity index (χ0) is 9.83. The minimum Gasteiger partial charge on any atom is -0.403 e. The van der Waals surface area contributed by atoms with Crippen molar-refractivity contribution in [2.75, 3.05) is 6.61 Å². The number of hydrogen-bond acceptors (Lipinski definition) is 1. The van der Waals surface area contributed by atoms with Crippen LogP contribution < -0.4 is 0 Å². The Labute approximate surface area is 82.3 Å². The van der Waals surface area contributed by atoms with E-state index < -0.39 is 7.63 Å². The van der Waals surface area contributed by atoms with Crippen molar-refractivity contribution < 1.29 is 4.43 Å². The van der Waals surface area contributed by atoms with Gasteiger partial charge in [0.1, 0.15) is 0 Å². The molecule has 3 heteroatoms. The highest BCUT2D eigenvalue weighted by Crippen LogP contribution is 2.39. The van der Waals surface area contributed by atoms with Crippen molar-refractivity contribution >= 4 is 18.7 Å². The molecule has 0 saturated carbocycles. The van der Waals surface area contributed by atoms with E-state index in [4.69, 9.17) is 15.5 Å². The van der Waals surface area contributed by atoms with Gasteiger partial charge in [0.25, 0.3) is 7.63 Å². The van der Waals surface area contributed by atoms with Gasteiger partial charge in [-0.3, -0.25) is 0 Å². The van der Waals surface area contributed by atoms with Gasteiger partial charge in [-0.05, 0) is 18.0 Å². The molecule has 1 unspecified atom stereocenters. The van der Waals surface area contributed by atoms with Crippen LogP contribution in [0.25, 0.3) is 0 Å². The van der Waals surface area contributed by atoms with Gasteiger partial charge in [-0.2, -0.15) is 0 Å². The first-order valence-electron chi connectivity index (χ1n) is 4.64. The number of halogens is 1. The summed E-state index contributed by atoms with van der Waals surface area (Å²) < 4.78 is 5.74. The van der Waals surface area contributed by atoms with Crippen LogP contribution in [-0.2, 0) is 4.43 Å². The number of rotatable bonds is 4. The minimum atomic E-state index is -1.97. The van der Waals surface area contributed by atoms with Gasteiger partial charge < -0.3 is 4.43 Å². The predicted octanol–water partition coefficient (Wildman–Crippen LogP) is 3.91. The molecule has 0 heterocycles. The van der Waals surface area contributed by atoms with E-state index >= 15 is 0 Å². The Hall–Kier alpha value is 0.467. The highest BCUT2D eigenvalue weighted by atomic mass is 35.6. The average molecular weight is 209 g/mol. The highest BCUT2D eigenvalue weighted by molar-refractivity contribution is 7.17. The van der Waals surface area contributed by atoms with Crippen LogP contribution in [0.5, 0.6) is 0 Å². The minimum absolute atomic E-state index is 0.127. The van der Waals surface area contributed by atoms with Gasteiger partial charge in [0.15, 0.2) is 0 Å². The molecular formula is C9H21ClOSi. The number of unbranched alkanes of at least 4 members (excludes halogenated alkanes) is 1. The third-order valence-electron chi connectivity index (χ3n) is 2.21. The molecule has 0 amide bonds. The molecule has 0 fully saturated rings. The first kappa shape index (κ1) is 12.5. The molecule has 12 heavy (non-hydrogen) atoms. The second-order valence-electron chi connectivity index (χ2n) is 4.37. The summed E-state index contributed by atoms with van der Waals surface area (Å²) in [6, 6.07) is 0. The lowest BCUT2D eigenvalue weighted by molar-refractivity contribution is 0.291. The Morgan fingerprint density at radius 1 is 1.33 bits per heavy atom. The molecule has 0 saturated heterocycles. The normalized spacial score (nSPS) is 17.5. The molecule has 0 N–H and O–H groups in total. The lowest BCUT2D eigenvalue weighted by Crippen LogP contribution is -2.38. The lowest BCUT2D eigenvalue weighted by Gasteiger charge is -2.33. The fourth-order valence-electron chi connectivity index (χ4n) is 0.625. The lowest BCUT2D eigenvalue weighted by atomic mass is 10.3. The van der Waals surface area contributed by atoms with Crippen molar-refractivity contribution in [2.24, 2.45) is 0 Å². The monoisotopic (exact) mass is 208 g/mol. The quantitative estimate of drug-likeness (QED) is 0.387. The van der Waals surface area contributed by atoms with Crippen molar-refractivity contribution in [2.45, 2.75) is 52.1 Å². The van der Waals surface area contributed by atoms with E-state index in [1.54, 1.807) is 0 Å². The summed E-state index contributed by atoms with van der Waals surface area (Å²) in [5.41, 5.74) is 0. The van der Waals surface area contributed by atoms with Crippen LogP contribution in [0.4, 0.5) is 0 Å². The molecule has 74 valence electrons. The van der Waals surface area contributed by atoms with Crippen LogP contribution in [0, 0.1) is 0 Å². The summed E-state index contributed by atoms with van der Waals surface area (Å²) in [6.45, 7) is 11.5. The average Bonchev–Trinajstić information content (AvgIpc) is 1.85. The van der Waals surface area contributed by atoms with Gasteiger partial charge in [-0.25, -0.2) is 0 Å². The summed E-state index contributed by atoms with van der Waals surface area (Å²) >= 11 is 6.36. The highest BCUT2D eigenvalue weighted by Gasteiger charge is 2.40. The van der Waals surface area contributed by atoms with E-state index in [-0.39, 0.29) is 5.04 Å². The van der Waals surface area contributed by atoms with Crippen molar-refractivity contribution in [3.63, 3.8) is 0 Å². The molecule has 0 aromatic carbocycles. The van der Waals surface area contributed by atoms with Gasteiger partial charge in [0, 0.05) is 6.61 Å². The molecule has 0 bridgehead atoms. The van der Waals surface area contributed by atoms with Crippen LogP contribution >= 0.6 is 11.1 Å². The number of hydrogen-bond donors (Lipinski definition) is 0. The van der Waals surface area contributed by atoms with E-state index in [0.717, 1.165) is 13.0 Å². The molecule has 0 radical (unpaired) electrons. The molecular weight excluding hydrogens is 188 g/mol. The SMILES string of the molecule is CCCCO[Si](C)(Cl)C(C)(C)C. The van der Waals surface area contributed by atoms with Crippen LogP contribution in [-0.4, -0.2) is 14.2 Å². The maximum absolute atomic E-state index is 6.36. The van der Waals surface area contributed by atoms with Gasteiger partial charge in [-0.1, -0.05) is 34.1 Å². The van der Waals surface area contributed by atoms with Crippen LogP contribution in [0.3, 0.4) is 0 Å². The Morgan fingerprint density at radius 2 is 1.83 bits per heavy atom. The summed E-state index contributed by atoms with van der Waals surface area (Å²) in [4.78, 5) is 0. The first-order chi connectivity index (χ1) is 5.31. The second kappa shape index (κ2) is 4.63. The van der Waals surface area contributed by atoms with E-state index in [1.807, 2.05) is 0 Å². The fraction of sp³-hybridized carbons (Fsp3) is 1.00. The first-order valence-corrected chi connectivity index (χ1v) is 8.06. The molecule has 1 nitrogen and oxygen atoms in total. The summed E-state index contributed by atoms with van der Waals surface area (Å²) in [6.07, 6.45) is 2.29. The zero-order valence-corrected chi connectivity index (χ0v) is 10.7. The van der Waals surface area contributed by atoms with E-state index in [2.05, 4.69) is 34.2 Å². The summed E-state index contributed by atoms with van der Waals surface area (Å²) in [5.74, 6) is 0. The van der Waals surface area contributed by atoms with Crippen LogP contribution in [0.2, 0.25) is 11.6 Å². The van der Waals surface area contributed by atoms with Crippen molar-refractivity contribution in [3.8, 4) is 0 Å². The molecule has 0 aliphatic rings. The van der Waals surface area contributed by atoms with E-state index in [9.17, 15) is 0 Å². The fourth-order valence-corrected chi connectivity index (χ4v) is 1.82. The standard InChI is InChI=1S/C9H21ClOSi/c1-6-7-8-11-12(5,10)9(2,3)4/h6-8H2,1-5H3. The summed E-state index contributed by atoms with van der Waals surface area (Å²) in [7, 11) is -1.97. The van der Waals surface area contributed by atoms with Crippen molar-refractivity contribution in [1.29, 1.82) is 0 Å². The molecule has 0 aromatic rings. The summed E-state index contributed by atoms with van der Waals surface area (Å²) in [5, 5.41) is 0.127. The zero-order valence-electron chi connectivity index (χ0n) is 8.91. The van der Waals surface area contributed by atoms with E-state index in [0.29, 0.717) is 0 Å². The Balaban J connectivity index is 3.88. The van der Waals surface area contributed by atoms with Crippen molar-refractivity contribution in [1.82, 2.24) is 0 Å². The molecule has 0 spiro atoms. The second-order valence-corrected chi connectivity index (χ2v) is 10.2. The van der Waals surface area contributed by atoms with Gasteiger partial charge in [0.2, 0.25) is 0 Å². The Bertz CT molecular complexity index is 129. The maximum atomic E-state index is 6.36. The molecule has 1 atom stereocenters. The van der Waals surface area contributed by atoms with Gasteiger partial charge in [-0.15, -0.1) is 11.1 Å². The van der Waals surface area contributed by atoms with Crippen LogP contribution in [0.15, 0.2) is 0 Å². The topological polar surface area (TPSA) is 9.23 Å². The molecule has 0 aliphatic carbocycles. The molecule has 0 rings (SSSR count). The Kier molecular flexibility index (Phi) is 4.81. The molecule has 0 aromatic heterocycles. The third-order valence-corrected chi connectivity index (χ3v) is 7.66. The van der Waals surface area contributed by atoms with Crippen LogP contribution in [0.1, 0.15) is 40.5 Å².